The third-order valence-corrected chi connectivity index (χ3v) is 2.60. The molecule has 0 heterocycles. The predicted octanol–water partition coefficient (Wildman–Crippen LogP) is -0.482. The monoisotopic (exact) mass is 268 g/mol. The molecule has 0 saturated carbocycles. The third-order valence-electron chi connectivity index (χ3n) is 2.14. The summed E-state index contributed by atoms with van der Waals surface area (Å²) in [6.45, 7) is -3.59. The van der Waals surface area contributed by atoms with Crippen LogP contribution < -0.4 is 56.8 Å². The van der Waals surface area contributed by atoms with Crippen LogP contribution in [0.2, 0.25) is 0 Å². The van der Waals surface area contributed by atoms with Crippen molar-refractivity contribution in [1.29, 1.82) is 0 Å². The molecule has 80 valence electrons. The molecule has 1 aromatic carbocycles. The molecular formula is C10H9BF3KS. The van der Waals surface area contributed by atoms with Crippen molar-refractivity contribution in [1.82, 2.24) is 0 Å². The van der Waals surface area contributed by atoms with Gasteiger partial charge in [-0.2, -0.15) is 0 Å². The Morgan fingerprint density at radius 3 is 2.38 bits per heavy atom. The Morgan fingerprint density at radius 2 is 1.94 bits per heavy atom. The normalized spacial score (nSPS) is 10.5. The fourth-order valence-electron chi connectivity index (χ4n) is 1.34. The van der Waals surface area contributed by atoms with E-state index in [4.69, 9.17) is 6.42 Å². The van der Waals surface area contributed by atoms with Crippen LogP contribution in [0.15, 0.2) is 17.0 Å². The van der Waals surface area contributed by atoms with Gasteiger partial charge in [0, 0.05) is 11.3 Å². The Kier molecular flexibility index (Phi) is 6.78. The van der Waals surface area contributed by atoms with Crippen LogP contribution in [0.5, 0.6) is 0 Å². The SMILES string of the molecule is C#CCc1cc(S)c(C)c([B-](F)(F)F)c1.[K+]. The summed E-state index contributed by atoms with van der Waals surface area (Å²) in [5, 5.41) is 0. The van der Waals surface area contributed by atoms with Crippen LogP contribution in [0.25, 0.3) is 0 Å². The molecule has 0 fully saturated rings. The first kappa shape index (κ1) is 16.6. The largest absolute Gasteiger partial charge is 1.00 e. The molecule has 0 aliphatic rings. The molecule has 0 amide bonds. The number of benzene rings is 1. The molecule has 0 unspecified atom stereocenters. The van der Waals surface area contributed by atoms with Crippen LogP contribution in [0.1, 0.15) is 11.1 Å². The summed E-state index contributed by atoms with van der Waals surface area (Å²) in [6, 6.07) is 2.68. The third kappa shape index (κ3) is 4.13. The van der Waals surface area contributed by atoms with Crippen molar-refractivity contribution in [2.24, 2.45) is 0 Å². The Bertz CT molecular complexity index is 423. The number of hydrogen-bond donors (Lipinski definition) is 1. The second kappa shape index (κ2) is 6.53. The Morgan fingerprint density at radius 1 is 1.38 bits per heavy atom. The quantitative estimate of drug-likeness (QED) is 0.418. The minimum atomic E-state index is -5.00. The molecule has 0 aliphatic carbocycles. The molecule has 6 heteroatoms. The van der Waals surface area contributed by atoms with E-state index in [0.29, 0.717) is 10.5 Å². The number of thiol groups is 1. The summed E-state index contributed by atoms with van der Waals surface area (Å²) in [4.78, 5) is 0.331. The van der Waals surface area contributed by atoms with E-state index in [1.165, 1.54) is 6.92 Å². The number of halogens is 3. The van der Waals surface area contributed by atoms with Gasteiger partial charge in [0.05, 0.1) is 0 Å². The number of rotatable bonds is 2. The molecule has 0 aromatic heterocycles. The van der Waals surface area contributed by atoms with E-state index in [-0.39, 0.29) is 63.4 Å². The van der Waals surface area contributed by atoms with Crippen molar-refractivity contribution in [2.75, 3.05) is 0 Å². The van der Waals surface area contributed by atoms with Gasteiger partial charge in [0.15, 0.2) is 0 Å². The fraction of sp³-hybridized carbons (Fsp3) is 0.200. The Labute approximate surface area is 141 Å². The minimum Gasteiger partial charge on any atom is -0.445 e. The molecule has 0 bridgehead atoms. The molecule has 16 heavy (non-hydrogen) atoms. The van der Waals surface area contributed by atoms with Crippen molar-refractivity contribution in [3.8, 4) is 12.3 Å². The zero-order chi connectivity index (χ0) is 11.6. The Balaban J connectivity index is 0.00000225. The van der Waals surface area contributed by atoms with E-state index >= 15 is 0 Å². The van der Waals surface area contributed by atoms with Crippen LogP contribution in [0, 0.1) is 19.3 Å². The Hall–Kier alpha value is 0.621. The van der Waals surface area contributed by atoms with Gasteiger partial charge >= 0.3 is 58.4 Å². The minimum absolute atomic E-state index is 0. The van der Waals surface area contributed by atoms with Crippen molar-refractivity contribution < 1.29 is 64.3 Å². The van der Waals surface area contributed by atoms with Crippen LogP contribution in [0.4, 0.5) is 12.9 Å². The van der Waals surface area contributed by atoms with Crippen LogP contribution in [-0.2, 0) is 6.42 Å². The van der Waals surface area contributed by atoms with E-state index in [1.807, 2.05) is 0 Å². The van der Waals surface area contributed by atoms with Gasteiger partial charge in [-0.15, -0.1) is 30.4 Å². The fourth-order valence-corrected chi connectivity index (χ4v) is 1.64. The maximum absolute atomic E-state index is 12.6. The summed E-state index contributed by atoms with van der Waals surface area (Å²) in [7, 11) is 0. The van der Waals surface area contributed by atoms with Gasteiger partial charge < -0.3 is 12.9 Å². The molecule has 1 rings (SSSR count). The summed E-state index contributed by atoms with van der Waals surface area (Å²) in [5.74, 6) is 2.31. The average molecular weight is 268 g/mol. The molecule has 0 N–H and O–H groups in total. The smallest absolute Gasteiger partial charge is 0.445 e. The molecule has 0 saturated heterocycles. The number of hydrogen-bond acceptors (Lipinski definition) is 1. The van der Waals surface area contributed by atoms with Crippen molar-refractivity contribution in [3.05, 3.63) is 23.3 Å². The summed E-state index contributed by atoms with van der Waals surface area (Å²) in [5.41, 5.74) is 0.0293. The first-order valence-corrected chi connectivity index (χ1v) is 4.76. The zero-order valence-electron chi connectivity index (χ0n) is 9.10. The van der Waals surface area contributed by atoms with E-state index < -0.39 is 12.4 Å². The second-order valence-corrected chi connectivity index (χ2v) is 3.77. The zero-order valence-corrected chi connectivity index (χ0v) is 13.1. The molecule has 0 spiro atoms. The molecule has 0 radical (unpaired) electrons. The molecule has 0 aliphatic heterocycles. The maximum Gasteiger partial charge on any atom is 1.00 e. The van der Waals surface area contributed by atoms with Gasteiger partial charge in [0.25, 0.3) is 0 Å². The van der Waals surface area contributed by atoms with E-state index in [1.54, 1.807) is 6.07 Å². The molecule has 0 atom stereocenters. The topological polar surface area (TPSA) is 0 Å². The summed E-state index contributed by atoms with van der Waals surface area (Å²) >= 11 is 4.00. The van der Waals surface area contributed by atoms with Gasteiger partial charge in [0.1, 0.15) is 0 Å². The standard InChI is InChI=1S/C10H9BF3S.K/c1-3-4-8-5-9(11(12,13)14)7(2)10(15)6-8;/h1,5-6,15H,4H2,2H3;/q-1;+1. The van der Waals surface area contributed by atoms with Crippen molar-refractivity contribution in [2.45, 2.75) is 18.2 Å². The van der Waals surface area contributed by atoms with Crippen molar-refractivity contribution in [3.63, 3.8) is 0 Å². The molecular weight excluding hydrogens is 259 g/mol. The predicted molar refractivity (Wildman–Crippen MR) is 59.7 cm³/mol. The van der Waals surface area contributed by atoms with Gasteiger partial charge in [-0.3, -0.25) is 0 Å². The van der Waals surface area contributed by atoms with Crippen LogP contribution >= 0.6 is 12.6 Å². The first-order chi connectivity index (χ1) is 6.86. The number of terminal acetylenes is 1. The molecule has 1 aromatic rings. The van der Waals surface area contributed by atoms with Crippen molar-refractivity contribution >= 4 is 25.1 Å². The van der Waals surface area contributed by atoms with Gasteiger partial charge in [-0.05, 0) is 18.6 Å². The maximum atomic E-state index is 12.6. The summed E-state index contributed by atoms with van der Waals surface area (Å²) in [6.07, 6.45) is 5.24. The second-order valence-electron chi connectivity index (χ2n) is 3.28. The van der Waals surface area contributed by atoms with E-state index in [9.17, 15) is 12.9 Å². The van der Waals surface area contributed by atoms with Crippen LogP contribution in [-0.4, -0.2) is 6.98 Å². The first-order valence-electron chi connectivity index (χ1n) is 4.32. The van der Waals surface area contributed by atoms with Gasteiger partial charge in [-0.1, -0.05) is 11.6 Å². The van der Waals surface area contributed by atoms with Gasteiger partial charge in [0.2, 0.25) is 0 Å². The van der Waals surface area contributed by atoms with Crippen LogP contribution in [0.3, 0.4) is 0 Å². The summed E-state index contributed by atoms with van der Waals surface area (Å²) < 4.78 is 37.9. The van der Waals surface area contributed by atoms with Gasteiger partial charge in [-0.25, -0.2) is 0 Å². The molecule has 0 nitrogen and oxygen atoms in total. The average Bonchev–Trinajstić information content (AvgIpc) is 2.09. The van der Waals surface area contributed by atoms with E-state index in [0.717, 1.165) is 6.07 Å². The van der Waals surface area contributed by atoms with E-state index in [2.05, 4.69) is 18.5 Å².